The van der Waals surface area contributed by atoms with Crippen molar-refractivity contribution in [3.05, 3.63) is 71.5 Å². The molecule has 6 rings (SSSR count). The van der Waals surface area contributed by atoms with Gasteiger partial charge < -0.3 is 34.0 Å². The third-order valence-corrected chi connectivity index (χ3v) is 21.3. The number of ether oxygens (including phenoxy) is 2. The van der Waals surface area contributed by atoms with Crippen molar-refractivity contribution >= 4 is 49.0 Å². The average molecular weight is 1060 g/mol. The molecule has 6 bridgehead atoms. The topological polar surface area (TPSA) is 173 Å². The highest BCUT2D eigenvalue weighted by Crippen LogP contribution is 2.45. The third-order valence-electron chi connectivity index (χ3n) is 15.2. The summed E-state index contributed by atoms with van der Waals surface area (Å²) in [5.41, 5.74) is 10.7. The Hall–Kier alpha value is -5.74. The number of aryl methyl sites for hydroxylation is 1. The van der Waals surface area contributed by atoms with Crippen LogP contribution in [0.15, 0.2) is 54.7 Å². The first kappa shape index (κ1) is 59.5. The predicted molar refractivity (Wildman–Crippen MR) is 304 cm³/mol. The summed E-state index contributed by atoms with van der Waals surface area (Å²) >= 11 is 0. The minimum absolute atomic E-state index is 0.0533. The Morgan fingerprint density at radius 1 is 0.934 bits per heavy atom. The van der Waals surface area contributed by atoms with Gasteiger partial charge in [0.15, 0.2) is 0 Å². The van der Waals surface area contributed by atoms with Gasteiger partial charge in [-0.05, 0) is 141 Å². The van der Waals surface area contributed by atoms with E-state index in [9.17, 15) is 19.2 Å². The van der Waals surface area contributed by atoms with Gasteiger partial charge in [0, 0.05) is 54.6 Å². The Balaban J connectivity index is 1.57. The van der Waals surface area contributed by atoms with Gasteiger partial charge in [-0.15, -0.1) is 0 Å². The second kappa shape index (κ2) is 23.9. The lowest BCUT2D eigenvalue weighted by Crippen LogP contribution is -2.62. The molecular weight excluding hydrogens is 975 g/mol. The Morgan fingerprint density at radius 3 is 2.21 bits per heavy atom. The van der Waals surface area contributed by atoms with Crippen molar-refractivity contribution in [2.75, 3.05) is 20.2 Å². The van der Waals surface area contributed by atoms with Crippen LogP contribution in [-0.2, 0) is 48.0 Å². The van der Waals surface area contributed by atoms with E-state index in [2.05, 4.69) is 133 Å². The van der Waals surface area contributed by atoms with Crippen LogP contribution in [0.3, 0.4) is 0 Å². The van der Waals surface area contributed by atoms with Gasteiger partial charge in [0.2, 0.25) is 11.8 Å². The normalized spacial score (nSPS) is 18.4. The van der Waals surface area contributed by atoms with Crippen LogP contribution in [0, 0.1) is 11.3 Å². The average Bonchev–Trinajstić information content (AvgIpc) is 3.63. The smallest absolute Gasteiger partial charge is 0.408 e. The first-order chi connectivity index (χ1) is 35.5. The number of fused-ring (bicyclic) bond motifs is 6. The van der Waals surface area contributed by atoms with Crippen molar-refractivity contribution in [2.45, 2.75) is 202 Å². The molecule has 0 radical (unpaired) electrons. The molecule has 4 atom stereocenters. The Bertz CT molecular complexity index is 2740. The van der Waals surface area contributed by atoms with Crippen LogP contribution in [0.1, 0.15) is 153 Å². The fraction of sp³-hybridized carbons (Fsp3) is 0.600. The second-order valence-corrected chi connectivity index (χ2v) is 30.1. The fourth-order valence-electron chi connectivity index (χ4n) is 11.9. The Morgan fingerprint density at radius 2 is 1.61 bits per heavy atom. The van der Waals surface area contributed by atoms with Crippen molar-refractivity contribution in [1.82, 2.24) is 35.5 Å². The number of alkyl carbamates (subject to hydrolysis) is 1. The predicted octanol–water partition coefficient (Wildman–Crippen LogP) is 11.1. The number of likely N-dealkylation sites (N-methyl/N-ethyl adjacent to an activating group) is 1. The van der Waals surface area contributed by atoms with Gasteiger partial charge >= 0.3 is 12.1 Å². The molecule has 4 aromatic rings. The number of hydrogen-bond donors (Lipinski definition) is 3. The van der Waals surface area contributed by atoms with Crippen LogP contribution in [0.25, 0.3) is 33.3 Å². The number of hydrazine groups is 1. The van der Waals surface area contributed by atoms with E-state index in [-0.39, 0.29) is 42.1 Å². The number of benzene rings is 2. The number of hydrogen-bond acceptors (Lipinski definition) is 10. The number of pyridine rings is 1. The molecule has 4 amide bonds. The molecule has 15 nitrogen and oxygen atoms in total. The molecule has 2 aromatic carbocycles. The maximum absolute atomic E-state index is 15.2. The Labute approximate surface area is 454 Å². The van der Waals surface area contributed by atoms with Crippen molar-refractivity contribution < 1.29 is 37.9 Å². The molecule has 1 fully saturated rings. The Kier molecular flexibility index (Phi) is 18.7. The summed E-state index contributed by atoms with van der Waals surface area (Å²) in [6.07, 6.45) is 2.71. The number of amides is 4. The zero-order valence-corrected chi connectivity index (χ0v) is 49.9. The van der Waals surface area contributed by atoms with Crippen LogP contribution in [0.2, 0.25) is 16.6 Å². The van der Waals surface area contributed by atoms with E-state index in [0.717, 1.165) is 50.1 Å². The highest BCUT2D eigenvalue weighted by atomic mass is 28.4. The maximum Gasteiger partial charge on any atom is 0.408 e. The molecule has 16 heteroatoms. The van der Waals surface area contributed by atoms with E-state index in [0.29, 0.717) is 31.6 Å². The number of aromatic nitrogens is 2. The minimum Gasteiger partial charge on any atom is -0.543 e. The monoisotopic (exact) mass is 1060 g/mol. The van der Waals surface area contributed by atoms with E-state index >= 15 is 4.79 Å². The van der Waals surface area contributed by atoms with Gasteiger partial charge in [0.1, 0.15) is 35.5 Å². The lowest BCUT2D eigenvalue weighted by Gasteiger charge is -2.42. The molecule has 4 heterocycles. The summed E-state index contributed by atoms with van der Waals surface area (Å²) < 4.78 is 21.5. The highest BCUT2D eigenvalue weighted by Gasteiger charge is 2.47. The van der Waals surface area contributed by atoms with E-state index in [4.69, 9.17) is 18.9 Å². The van der Waals surface area contributed by atoms with Gasteiger partial charge in [0.25, 0.3) is 14.2 Å². The van der Waals surface area contributed by atoms with Crippen molar-refractivity contribution in [3.8, 4) is 28.1 Å². The number of rotatable bonds is 14. The molecule has 1 saturated heterocycles. The molecule has 0 aliphatic carbocycles. The lowest BCUT2D eigenvalue weighted by atomic mass is 9.83. The summed E-state index contributed by atoms with van der Waals surface area (Å²) in [4.78, 5) is 77.3. The van der Waals surface area contributed by atoms with Crippen molar-refractivity contribution in [2.24, 2.45) is 11.3 Å². The van der Waals surface area contributed by atoms with Gasteiger partial charge in [-0.2, -0.15) is 0 Å². The zero-order chi connectivity index (χ0) is 56.4. The van der Waals surface area contributed by atoms with E-state index in [1.807, 2.05) is 32.2 Å². The molecular formula is C60H89N7O8Si. The molecule has 2 aliphatic rings. The van der Waals surface area contributed by atoms with Crippen molar-refractivity contribution in [3.63, 3.8) is 0 Å². The number of esters is 1. The molecule has 3 N–H and O–H groups in total. The van der Waals surface area contributed by atoms with Crippen LogP contribution in [-0.4, -0.2) is 108 Å². The first-order valence-electron chi connectivity index (χ1n) is 27.7. The SMILES string of the molecule is CCn1c(-c2cccnc2C(C)C)c2c3cc(ccc31)-c1cc(cc(O[Si](C(C)C)(C(C)C)C(C)C)c1)C[C@H](NC(=O)[C@H](C(C)C)N(C)C(=O)[C@H](C)NC(=O)OC(C)(C)C)C(=O)N1CCC[C@H](N1)C(=O)OCC(C)(C)C2. The fourth-order valence-corrected chi connectivity index (χ4v) is 17.1. The van der Waals surface area contributed by atoms with Gasteiger partial charge in [-0.25, -0.2) is 10.2 Å². The summed E-state index contributed by atoms with van der Waals surface area (Å²) in [7, 11) is -1.02. The second-order valence-electron chi connectivity index (χ2n) is 24.7. The molecule has 416 valence electrons. The summed E-state index contributed by atoms with van der Waals surface area (Å²) in [6.45, 7) is 35.8. The minimum atomic E-state index is -2.54. The summed E-state index contributed by atoms with van der Waals surface area (Å²) in [5.74, 6) is -1.51. The highest BCUT2D eigenvalue weighted by molar-refractivity contribution is 6.78. The van der Waals surface area contributed by atoms with E-state index < -0.39 is 79.2 Å². The van der Waals surface area contributed by atoms with Gasteiger partial charge in [-0.3, -0.25) is 29.2 Å². The van der Waals surface area contributed by atoms with Gasteiger partial charge in [-0.1, -0.05) is 95.2 Å². The summed E-state index contributed by atoms with van der Waals surface area (Å²) in [6, 6.07) is 13.0. The third kappa shape index (κ3) is 13.1. The quantitative estimate of drug-likeness (QED) is 0.0815. The number of nitrogens with zero attached hydrogens (tertiary/aromatic N) is 4. The lowest BCUT2D eigenvalue weighted by molar-refractivity contribution is -0.155. The molecule has 0 saturated carbocycles. The molecule has 2 aliphatic heterocycles. The molecule has 0 spiro atoms. The molecule has 2 aromatic heterocycles. The van der Waals surface area contributed by atoms with Crippen LogP contribution in [0.5, 0.6) is 5.75 Å². The largest absolute Gasteiger partial charge is 0.543 e. The van der Waals surface area contributed by atoms with Crippen LogP contribution in [0.4, 0.5) is 4.79 Å². The van der Waals surface area contributed by atoms with Gasteiger partial charge in [0.05, 0.1) is 18.0 Å². The van der Waals surface area contributed by atoms with E-state index in [1.54, 1.807) is 27.7 Å². The standard InChI is InChI=1S/C60H89N7O8Si/c1-19-66-50-25-24-42-32-46(50)47(53(66)45-22-20-26-61-51(45)35(2)3)33-60(16,17)34-73-57(71)48-23-21-27-67(64-48)56(70)49(30-41-28-43(42)31-44(29-41)75-76(37(6)7,38(8)9)39(10)11)63-54(68)52(36(4)5)65(18)55(69)40(12)62-58(72)74-59(13,14)15/h20,22,24-26,28-29,31-32,35-40,48-49,52,64H,19,21,23,27,30,33-34H2,1-18H3,(H,62,72)(H,63,68)/t40-,48-,49-,52-/m0/s1. The van der Waals surface area contributed by atoms with Crippen molar-refractivity contribution in [1.29, 1.82) is 0 Å². The van der Waals surface area contributed by atoms with E-state index in [1.165, 1.54) is 17.0 Å². The number of cyclic esters (lactones) is 1. The molecule has 0 unspecified atom stereocenters. The maximum atomic E-state index is 15.2. The number of nitrogens with one attached hydrogen (secondary N) is 3. The molecule has 76 heavy (non-hydrogen) atoms. The first-order valence-corrected chi connectivity index (χ1v) is 29.9. The zero-order valence-electron chi connectivity index (χ0n) is 48.9. The number of carbonyl (C=O) groups is 5. The van der Waals surface area contributed by atoms with Crippen LogP contribution >= 0.6 is 0 Å². The number of carbonyl (C=O) groups excluding carboxylic acids is 5. The summed E-state index contributed by atoms with van der Waals surface area (Å²) in [5, 5.41) is 8.23. The van der Waals surface area contributed by atoms with Crippen LogP contribution < -0.4 is 20.5 Å².